The first-order valence-corrected chi connectivity index (χ1v) is 7.17. The van der Waals surface area contributed by atoms with Crippen LogP contribution in [0.25, 0.3) is 0 Å². The highest BCUT2D eigenvalue weighted by atomic mass is 19.1. The van der Waals surface area contributed by atoms with Gasteiger partial charge in [0.2, 0.25) is 0 Å². The Hall–Kier alpha value is -0.840. The minimum Gasteiger partial charge on any atom is -0.444 e. The summed E-state index contributed by atoms with van der Waals surface area (Å²) in [5.41, 5.74) is -0.405. The summed E-state index contributed by atoms with van der Waals surface area (Å²) in [5, 5.41) is 3.34. The summed E-state index contributed by atoms with van der Waals surface area (Å²) in [6, 6.07) is 0. The summed E-state index contributed by atoms with van der Waals surface area (Å²) in [6.07, 6.45) is 2.34. The smallest absolute Gasteiger partial charge is 0.410 e. The van der Waals surface area contributed by atoms with Gasteiger partial charge in [0.1, 0.15) is 11.8 Å². The molecule has 2 fully saturated rings. The highest BCUT2D eigenvalue weighted by molar-refractivity contribution is 5.68. The van der Waals surface area contributed by atoms with Gasteiger partial charge in [-0.2, -0.15) is 0 Å². The molecule has 110 valence electrons. The summed E-state index contributed by atoms with van der Waals surface area (Å²) >= 11 is 0. The number of ether oxygens (including phenoxy) is 1. The third-order valence-corrected chi connectivity index (χ3v) is 4.01. The maximum Gasteiger partial charge on any atom is 0.410 e. The van der Waals surface area contributed by atoms with Crippen LogP contribution in [0.3, 0.4) is 0 Å². The summed E-state index contributed by atoms with van der Waals surface area (Å²) < 4.78 is 18.5. The van der Waals surface area contributed by atoms with Crippen molar-refractivity contribution in [1.29, 1.82) is 0 Å². The molecule has 0 saturated carbocycles. The van der Waals surface area contributed by atoms with Crippen LogP contribution in [0.1, 0.15) is 46.5 Å². The Morgan fingerprint density at radius 2 is 1.95 bits per heavy atom. The molecule has 0 aliphatic carbocycles. The summed E-state index contributed by atoms with van der Waals surface area (Å²) in [5.74, 6) is 0. The number of piperidine rings is 2. The number of carbonyl (C=O) groups excluding carboxylic acids is 1. The standard InChI is InChI=1S/C14H25FN2O2/c1-13(2,3)19-12(18)17-8-6-14(7-9-17)5-4-11(15)10-16-14/h11,16H,4-10H2,1-3H3. The second-order valence-corrected chi connectivity index (χ2v) is 6.76. The van der Waals surface area contributed by atoms with Gasteiger partial charge in [0.15, 0.2) is 0 Å². The lowest BCUT2D eigenvalue weighted by atomic mass is 9.80. The van der Waals surface area contributed by atoms with Crippen LogP contribution in [-0.2, 0) is 4.74 Å². The first kappa shape index (κ1) is 14.6. The Labute approximate surface area is 114 Å². The third kappa shape index (κ3) is 3.81. The van der Waals surface area contributed by atoms with Gasteiger partial charge < -0.3 is 15.0 Å². The van der Waals surface area contributed by atoms with Crippen molar-refractivity contribution in [2.24, 2.45) is 0 Å². The molecule has 4 nitrogen and oxygen atoms in total. The molecule has 2 heterocycles. The lowest BCUT2D eigenvalue weighted by molar-refractivity contribution is 0.0105. The first-order chi connectivity index (χ1) is 8.80. The summed E-state index contributed by atoms with van der Waals surface area (Å²) in [4.78, 5) is 13.7. The molecule has 0 radical (unpaired) electrons. The number of nitrogens with one attached hydrogen (secondary N) is 1. The van der Waals surface area contributed by atoms with Crippen molar-refractivity contribution in [3.05, 3.63) is 0 Å². The van der Waals surface area contributed by atoms with Gasteiger partial charge in [0, 0.05) is 25.2 Å². The SMILES string of the molecule is CC(C)(C)OC(=O)N1CCC2(CCC(F)CN2)CC1. The Morgan fingerprint density at radius 1 is 1.32 bits per heavy atom. The van der Waals surface area contributed by atoms with Crippen LogP contribution < -0.4 is 5.32 Å². The summed E-state index contributed by atoms with van der Waals surface area (Å²) in [7, 11) is 0. The molecular formula is C14H25FN2O2. The van der Waals surface area contributed by atoms with Gasteiger partial charge in [-0.3, -0.25) is 0 Å². The van der Waals surface area contributed by atoms with E-state index in [1.165, 1.54) is 0 Å². The average Bonchev–Trinajstić information content (AvgIpc) is 2.32. The second kappa shape index (κ2) is 5.27. The van der Waals surface area contributed by atoms with Crippen LogP contribution in [-0.4, -0.2) is 47.9 Å². The van der Waals surface area contributed by atoms with Gasteiger partial charge >= 0.3 is 6.09 Å². The number of alkyl halides is 1. The molecule has 1 spiro atoms. The van der Waals surface area contributed by atoms with Crippen molar-refractivity contribution in [3.63, 3.8) is 0 Å². The molecule has 1 atom stereocenters. The van der Waals surface area contributed by atoms with E-state index < -0.39 is 11.8 Å². The highest BCUT2D eigenvalue weighted by Crippen LogP contribution is 2.31. The maximum atomic E-state index is 13.2. The molecule has 2 saturated heterocycles. The number of hydrogen-bond donors (Lipinski definition) is 1. The van der Waals surface area contributed by atoms with E-state index >= 15 is 0 Å². The van der Waals surface area contributed by atoms with E-state index in [0.29, 0.717) is 26.1 Å². The number of nitrogens with zero attached hydrogens (tertiary/aromatic N) is 1. The van der Waals surface area contributed by atoms with Gasteiger partial charge in [0.05, 0.1) is 0 Å². The summed E-state index contributed by atoms with van der Waals surface area (Å²) in [6.45, 7) is 7.46. The minimum atomic E-state index is -0.713. The van der Waals surface area contributed by atoms with Crippen molar-refractivity contribution >= 4 is 6.09 Å². The van der Waals surface area contributed by atoms with Crippen LogP contribution >= 0.6 is 0 Å². The van der Waals surface area contributed by atoms with E-state index in [0.717, 1.165) is 19.3 Å². The first-order valence-electron chi connectivity index (χ1n) is 7.17. The van der Waals surface area contributed by atoms with Crippen LogP contribution in [0.4, 0.5) is 9.18 Å². The molecule has 1 amide bonds. The number of carbonyl (C=O) groups is 1. The number of halogens is 1. The molecule has 2 aliphatic heterocycles. The zero-order valence-corrected chi connectivity index (χ0v) is 12.2. The maximum absolute atomic E-state index is 13.2. The van der Waals surface area contributed by atoms with Gasteiger partial charge in [-0.1, -0.05) is 0 Å². The number of rotatable bonds is 0. The van der Waals surface area contributed by atoms with Crippen molar-refractivity contribution < 1.29 is 13.9 Å². The van der Waals surface area contributed by atoms with Gasteiger partial charge in [-0.15, -0.1) is 0 Å². The largest absolute Gasteiger partial charge is 0.444 e. The van der Waals surface area contributed by atoms with Crippen molar-refractivity contribution in [3.8, 4) is 0 Å². The van der Waals surface area contributed by atoms with Gasteiger partial charge in [0.25, 0.3) is 0 Å². The molecule has 2 rings (SSSR count). The molecule has 0 aromatic carbocycles. The van der Waals surface area contributed by atoms with E-state index in [2.05, 4.69) is 5.32 Å². The number of likely N-dealkylation sites (tertiary alicyclic amines) is 1. The van der Waals surface area contributed by atoms with E-state index in [1.54, 1.807) is 4.90 Å². The molecule has 19 heavy (non-hydrogen) atoms. The topological polar surface area (TPSA) is 41.6 Å². The molecule has 2 aliphatic rings. The van der Waals surface area contributed by atoms with E-state index in [1.807, 2.05) is 20.8 Å². The van der Waals surface area contributed by atoms with Crippen LogP contribution in [0.5, 0.6) is 0 Å². The zero-order chi connectivity index (χ0) is 14.1. The normalized spacial score (nSPS) is 27.4. The molecular weight excluding hydrogens is 247 g/mol. The Kier molecular flexibility index (Phi) is 4.04. The minimum absolute atomic E-state index is 0.0428. The molecule has 5 heteroatoms. The Bertz CT molecular complexity index is 323. The zero-order valence-electron chi connectivity index (χ0n) is 12.2. The van der Waals surface area contributed by atoms with Gasteiger partial charge in [-0.25, -0.2) is 9.18 Å². The van der Waals surface area contributed by atoms with Crippen molar-refractivity contribution in [2.75, 3.05) is 19.6 Å². The van der Waals surface area contributed by atoms with E-state index in [-0.39, 0.29) is 11.6 Å². The number of hydrogen-bond acceptors (Lipinski definition) is 3. The van der Waals surface area contributed by atoms with Gasteiger partial charge in [-0.05, 0) is 46.5 Å². The van der Waals surface area contributed by atoms with Crippen LogP contribution in [0, 0.1) is 0 Å². The lowest BCUT2D eigenvalue weighted by Gasteiger charge is -2.45. The number of amides is 1. The quantitative estimate of drug-likeness (QED) is 0.736. The van der Waals surface area contributed by atoms with Crippen molar-refractivity contribution in [2.45, 2.75) is 63.8 Å². The molecule has 0 bridgehead atoms. The fourth-order valence-electron chi connectivity index (χ4n) is 2.82. The third-order valence-electron chi connectivity index (χ3n) is 4.01. The molecule has 0 aromatic rings. The molecule has 0 aromatic heterocycles. The van der Waals surface area contributed by atoms with Crippen LogP contribution in [0.15, 0.2) is 0 Å². The Balaban J connectivity index is 1.84. The van der Waals surface area contributed by atoms with Crippen LogP contribution in [0.2, 0.25) is 0 Å². The lowest BCUT2D eigenvalue weighted by Crippen LogP contribution is -2.58. The highest BCUT2D eigenvalue weighted by Gasteiger charge is 2.39. The Morgan fingerprint density at radius 3 is 2.42 bits per heavy atom. The average molecular weight is 272 g/mol. The van der Waals surface area contributed by atoms with E-state index in [9.17, 15) is 9.18 Å². The molecule has 1 unspecified atom stereocenters. The fraction of sp³-hybridized carbons (Fsp3) is 0.929. The monoisotopic (exact) mass is 272 g/mol. The van der Waals surface area contributed by atoms with E-state index in [4.69, 9.17) is 4.74 Å². The fourth-order valence-corrected chi connectivity index (χ4v) is 2.82. The predicted octanol–water partition coefficient (Wildman–Crippen LogP) is 2.48. The molecule has 1 N–H and O–H groups in total. The second-order valence-electron chi connectivity index (χ2n) is 6.76. The predicted molar refractivity (Wildman–Crippen MR) is 71.9 cm³/mol. The van der Waals surface area contributed by atoms with Crippen molar-refractivity contribution in [1.82, 2.24) is 10.2 Å².